The fourth-order valence-corrected chi connectivity index (χ4v) is 0.650. The maximum atomic E-state index is 8.99. The minimum atomic E-state index is -0.222. The molecule has 6 nitrogen and oxygen atoms in total. The van der Waals surface area contributed by atoms with Gasteiger partial charge in [0.2, 0.25) is 0 Å². The zero-order valence-electron chi connectivity index (χ0n) is 5.89. The number of hydrogen-bond acceptors (Lipinski definition) is 4. The molecule has 0 fully saturated rings. The molecule has 1 aromatic rings. The highest BCUT2D eigenvalue weighted by Crippen LogP contribution is 1.66. The lowest BCUT2D eigenvalue weighted by Crippen LogP contribution is -2.35. The van der Waals surface area contributed by atoms with Crippen LogP contribution in [0.1, 0.15) is 0 Å². The van der Waals surface area contributed by atoms with Crippen molar-refractivity contribution in [2.24, 2.45) is 4.99 Å². The van der Waals surface area contributed by atoms with Gasteiger partial charge in [-0.2, -0.15) is 0 Å². The molecule has 0 unspecified atom stereocenters. The molecule has 0 saturated carbocycles. The summed E-state index contributed by atoms with van der Waals surface area (Å²) in [5.41, 5.74) is -0.0524. The van der Waals surface area contributed by atoms with E-state index in [2.05, 4.69) is 4.99 Å². The number of rotatable bonds is 0. The van der Waals surface area contributed by atoms with Crippen LogP contribution in [0.4, 0.5) is 0 Å². The molecule has 11 heavy (non-hydrogen) atoms. The summed E-state index contributed by atoms with van der Waals surface area (Å²) in [7, 11) is 1.46. The molecule has 0 bridgehead atoms. The summed E-state index contributed by atoms with van der Waals surface area (Å²) in [5.74, 6) is 0. The van der Waals surface area contributed by atoms with E-state index in [0.717, 1.165) is 0 Å². The van der Waals surface area contributed by atoms with E-state index in [1.807, 2.05) is 0 Å². The Balaban J connectivity index is 3.63. The van der Waals surface area contributed by atoms with Crippen LogP contribution in [0.5, 0.6) is 0 Å². The van der Waals surface area contributed by atoms with Gasteiger partial charge in [0.05, 0.1) is 0 Å². The van der Waals surface area contributed by atoms with Crippen molar-refractivity contribution in [3.63, 3.8) is 0 Å². The zero-order chi connectivity index (χ0) is 8.43. The summed E-state index contributed by atoms with van der Waals surface area (Å²) in [6.45, 7) is 0. The van der Waals surface area contributed by atoms with Crippen LogP contribution in [-0.2, 0) is 0 Å². The molecule has 1 heterocycles. The maximum Gasteiger partial charge on any atom is 0.186 e. The van der Waals surface area contributed by atoms with Gasteiger partial charge in [0, 0.05) is 7.05 Å². The highest BCUT2D eigenvalue weighted by molar-refractivity contribution is 4.82. The van der Waals surface area contributed by atoms with Crippen LogP contribution in [0, 0.1) is 5.41 Å². The van der Waals surface area contributed by atoms with Crippen LogP contribution in [0.3, 0.4) is 0 Å². The van der Waals surface area contributed by atoms with E-state index in [4.69, 9.17) is 15.8 Å². The second-order valence-electron chi connectivity index (χ2n) is 1.88. The Morgan fingerprint density at radius 1 is 1.36 bits per heavy atom. The van der Waals surface area contributed by atoms with E-state index >= 15 is 0 Å². The van der Waals surface area contributed by atoms with Crippen LogP contribution < -0.4 is 11.0 Å². The summed E-state index contributed by atoms with van der Waals surface area (Å²) < 4.78 is 0. The Morgan fingerprint density at radius 3 is 2.55 bits per heavy atom. The molecule has 60 valence electrons. The first-order valence-electron chi connectivity index (χ1n) is 2.88. The summed E-state index contributed by atoms with van der Waals surface area (Å²) in [6.07, 6.45) is 0. The average molecular weight is 156 g/mol. The Bertz CT molecular complexity index is 375. The van der Waals surface area contributed by atoms with Crippen molar-refractivity contribution in [1.82, 2.24) is 9.69 Å². The molecule has 6 heteroatoms. The molecular weight excluding hydrogens is 148 g/mol. The first-order chi connectivity index (χ1) is 5.16. The summed E-state index contributed by atoms with van der Waals surface area (Å²) in [6, 6.07) is 2.73. The molecule has 0 spiro atoms. The third-order valence-electron chi connectivity index (χ3n) is 1.22. The Labute approximate surface area is 61.7 Å². The van der Waals surface area contributed by atoms with Crippen molar-refractivity contribution >= 4 is 0 Å². The number of nitrogens with zero attached hydrogens (tertiary/aromatic N) is 3. The predicted octanol–water partition coefficient (Wildman–Crippen LogP) is -1.23. The molecule has 1 aromatic heterocycles. The van der Waals surface area contributed by atoms with Gasteiger partial charge in [-0.1, -0.05) is 9.69 Å². The lowest BCUT2D eigenvalue weighted by molar-refractivity contribution is -0.0325. The van der Waals surface area contributed by atoms with Crippen molar-refractivity contribution in [2.75, 3.05) is 7.05 Å². The zero-order valence-corrected chi connectivity index (χ0v) is 5.89. The quantitative estimate of drug-likeness (QED) is 0.411. The molecule has 0 aliphatic carbocycles. The van der Waals surface area contributed by atoms with E-state index in [-0.39, 0.29) is 15.8 Å². The fourth-order valence-electron chi connectivity index (χ4n) is 0.650. The Morgan fingerprint density at radius 2 is 2.00 bits per heavy atom. The van der Waals surface area contributed by atoms with Crippen molar-refractivity contribution in [2.45, 2.75) is 0 Å². The van der Waals surface area contributed by atoms with Crippen molar-refractivity contribution < 1.29 is 10.4 Å². The van der Waals surface area contributed by atoms with E-state index in [0.29, 0.717) is 4.85 Å². The summed E-state index contributed by atoms with van der Waals surface area (Å²) in [4.78, 5) is 4.28. The molecule has 0 radical (unpaired) electrons. The minimum Gasteiger partial charge on any atom is -0.409 e. The molecular formula is C5H8N4O2. The number of hydrogen-bond donors (Lipinski definition) is 3. The normalized spacial score (nSPS) is 11.9. The van der Waals surface area contributed by atoms with Gasteiger partial charge in [0.1, 0.15) is 0 Å². The van der Waals surface area contributed by atoms with Gasteiger partial charge in [0.25, 0.3) is 0 Å². The molecule has 3 N–H and O–H groups in total. The standard InChI is InChI=1S/C5H8N4O2/c1-7-5-3-2-4(6)8(10)9(5)11/h2-3,6,10-11H,1H3. The van der Waals surface area contributed by atoms with Gasteiger partial charge < -0.3 is 10.4 Å². The largest absolute Gasteiger partial charge is 0.409 e. The average Bonchev–Trinajstić information content (AvgIpc) is 2.01. The highest BCUT2D eigenvalue weighted by atomic mass is 16.6. The number of nitrogens with one attached hydrogen (secondary N) is 1. The van der Waals surface area contributed by atoms with Gasteiger partial charge in [-0.25, -0.2) is 0 Å². The van der Waals surface area contributed by atoms with Gasteiger partial charge in [-0.05, 0) is 12.1 Å². The molecule has 0 amide bonds. The lowest BCUT2D eigenvalue weighted by atomic mass is 10.5. The first kappa shape index (κ1) is 7.39. The first-order valence-corrected chi connectivity index (χ1v) is 2.88. The van der Waals surface area contributed by atoms with Crippen LogP contribution in [0.15, 0.2) is 17.1 Å². The van der Waals surface area contributed by atoms with Crippen LogP contribution in [0.2, 0.25) is 0 Å². The SMILES string of the molecule is CN=c1ccc(=N)n(O)n1O. The van der Waals surface area contributed by atoms with E-state index in [1.165, 1.54) is 19.2 Å². The second kappa shape index (κ2) is 2.49. The topological polar surface area (TPSA) is 86.5 Å². The Hall–Kier alpha value is -1.72. The third-order valence-corrected chi connectivity index (χ3v) is 1.22. The van der Waals surface area contributed by atoms with E-state index < -0.39 is 0 Å². The smallest absolute Gasteiger partial charge is 0.186 e. The number of aromatic nitrogens is 2. The lowest BCUT2D eigenvalue weighted by Gasteiger charge is -2.02. The van der Waals surface area contributed by atoms with Crippen molar-refractivity contribution in [1.29, 1.82) is 5.41 Å². The second-order valence-corrected chi connectivity index (χ2v) is 1.88. The molecule has 0 atom stereocenters. The highest BCUT2D eigenvalue weighted by Gasteiger charge is 1.93. The van der Waals surface area contributed by atoms with Crippen molar-refractivity contribution in [3.8, 4) is 0 Å². The van der Waals surface area contributed by atoms with Crippen LogP contribution >= 0.6 is 0 Å². The molecule has 0 aliphatic heterocycles. The monoisotopic (exact) mass is 156 g/mol. The molecule has 0 aliphatic rings. The van der Waals surface area contributed by atoms with Gasteiger partial charge in [-0.3, -0.25) is 10.4 Å². The van der Waals surface area contributed by atoms with Gasteiger partial charge in [-0.15, -0.1) is 0 Å². The molecule has 0 aromatic carbocycles. The van der Waals surface area contributed by atoms with E-state index in [1.54, 1.807) is 0 Å². The fraction of sp³-hybridized carbons (Fsp3) is 0.200. The Kier molecular flexibility index (Phi) is 1.67. The van der Waals surface area contributed by atoms with Crippen LogP contribution in [0.25, 0.3) is 0 Å². The third kappa shape index (κ3) is 1.09. The van der Waals surface area contributed by atoms with Crippen LogP contribution in [-0.4, -0.2) is 27.2 Å². The van der Waals surface area contributed by atoms with E-state index in [9.17, 15) is 0 Å². The maximum absolute atomic E-state index is 8.99. The summed E-state index contributed by atoms with van der Waals surface area (Å²) >= 11 is 0. The summed E-state index contributed by atoms with van der Waals surface area (Å²) in [5, 5.41) is 24.9. The minimum absolute atomic E-state index is 0.170. The van der Waals surface area contributed by atoms with Gasteiger partial charge in [0.15, 0.2) is 11.0 Å². The van der Waals surface area contributed by atoms with Gasteiger partial charge >= 0.3 is 0 Å². The predicted molar refractivity (Wildman–Crippen MR) is 34.1 cm³/mol. The van der Waals surface area contributed by atoms with Crippen molar-refractivity contribution in [3.05, 3.63) is 23.1 Å². The molecule has 0 saturated heterocycles. The molecule has 1 rings (SSSR count).